The summed E-state index contributed by atoms with van der Waals surface area (Å²) >= 11 is 0. The Balaban J connectivity index is 1.91. The molecule has 0 aliphatic rings. The third-order valence-electron chi connectivity index (χ3n) is 3.24. The van der Waals surface area contributed by atoms with E-state index < -0.39 is 0 Å². The number of anilines is 1. The molecule has 21 heavy (non-hydrogen) atoms. The summed E-state index contributed by atoms with van der Waals surface area (Å²) in [5.41, 5.74) is 2.71. The van der Waals surface area contributed by atoms with Crippen molar-refractivity contribution in [2.45, 2.75) is 26.2 Å². The molecule has 0 saturated carbocycles. The van der Waals surface area contributed by atoms with Gasteiger partial charge < -0.3 is 5.32 Å². The Labute approximate surface area is 125 Å². The van der Waals surface area contributed by atoms with Crippen molar-refractivity contribution in [3.8, 4) is 0 Å². The van der Waals surface area contributed by atoms with Crippen molar-refractivity contribution in [2.24, 2.45) is 0 Å². The number of rotatable bonds is 6. The molecule has 108 valence electrons. The topological polar surface area (TPSA) is 46.2 Å². The molecule has 0 saturated heterocycles. The van der Waals surface area contributed by atoms with E-state index in [2.05, 4.69) is 5.32 Å². The Hall–Kier alpha value is -2.42. The highest BCUT2D eigenvalue weighted by Crippen LogP contribution is 2.11. The van der Waals surface area contributed by atoms with Gasteiger partial charge in [0.1, 0.15) is 5.78 Å². The van der Waals surface area contributed by atoms with Crippen molar-refractivity contribution in [1.82, 2.24) is 0 Å². The van der Waals surface area contributed by atoms with Gasteiger partial charge >= 0.3 is 0 Å². The molecule has 2 rings (SSSR count). The number of ketones is 1. The first kappa shape index (κ1) is 15.0. The van der Waals surface area contributed by atoms with Crippen molar-refractivity contribution in [1.29, 1.82) is 0 Å². The van der Waals surface area contributed by atoms with Crippen LogP contribution >= 0.6 is 0 Å². The van der Waals surface area contributed by atoms with Crippen LogP contribution in [-0.2, 0) is 22.4 Å². The largest absolute Gasteiger partial charge is 0.326 e. The SMILES string of the molecule is CCC(=O)Cc1ccc(NC(=O)Cc2ccccc2)cc1. The number of nitrogens with one attached hydrogen (secondary N) is 1. The molecule has 0 aliphatic carbocycles. The predicted molar refractivity (Wildman–Crippen MR) is 84.2 cm³/mol. The first-order chi connectivity index (χ1) is 10.2. The van der Waals surface area contributed by atoms with E-state index in [1.807, 2.05) is 61.5 Å². The monoisotopic (exact) mass is 281 g/mol. The van der Waals surface area contributed by atoms with Gasteiger partial charge in [-0.05, 0) is 23.3 Å². The van der Waals surface area contributed by atoms with Crippen LogP contribution in [0.15, 0.2) is 54.6 Å². The molecule has 2 aromatic carbocycles. The van der Waals surface area contributed by atoms with Crippen molar-refractivity contribution in [3.63, 3.8) is 0 Å². The fourth-order valence-corrected chi connectivity index (χ4v) is 2.05. The van der Waals surface area contributed by atoms with Gasteiger partial charge in [0.25, 0.3) is 0 Å². The van der Waals surface area contributed by atoms with Crippen LogP contribution < -0.4 is 5.32 Å². The van der Waals surface area contributed by atoms with E-state index in [1.165, 1.54) is 0 Å². The van der Waals surface area contributed by atoms with Gasteiger partial charge in [0.15, 0.2) is 0 Å². The average molecular weight is 281 g/mol. The second-order valence-electron chi connectivity index (χ2n) is 4.98. The van der Waals surface area contributed by atoms with Gasteiger partial charge in [-0.25, -0.2) is 0 Å². The van der Waals surface area contributed by atoms with Crippen LogP contribution in [0.1, 0.15) is 24.5 Å². The molecule has 0 atom stereocenters. The van der Waals surface area contributed by atoms with Crippen LogP contribution in [0, 0.1) is 0 Å². The van der Waals surface area contributed by atoms with Crippen molar-refractivity contribution in [3.05, 3.63) is 65.7 Å². The molecular weight excluding hydrogens is 262 g/mol. The zero-order valence-corrected chi connectivity index (χ0v) is 12.1. The van der Waals surface area contributed by atoms with Crippen LogP contribution in [0.3, 0.4) is 0 Å². The van der Waals surface area contributed by atoms with Gasteiger partial charge in [-0.1, -0.05) is 49.4 Å². The second kappa shape index (κ2) is 7.39. The summed E-state index contributed by atoms with van der Waals surface area (Å²) in [6.07, 6.45) is 1.36. The van der Waals surface area contributed by atoms with Crippen molar-refractivity contribution >= 4 is 17.4 Å². The minimum absolute atomic E-state index is 0.0430. The van der Waals surface area contributed by atoms with Gasteiger partial charge in [0.05, 0.1) is 6.42 Å². The van der Waals surface area contributed by atoms with Gasteiger partial charge in [0.2, 0.25) is 5.91 Å². The Morgan fingerprint density at radius 2 is 1.48 bits per heavy atom. The van der Waals surface area contributed by atoms with Crippen LogP contribution in [0.25, 0.3) is 0 Å². The van der Waals surface area contributed by atoms with Crippen molar-refractivity contribution < 1.29 is 9.59 Å². The smallest absolute Gasteiger partial charge is 0.228 e. The molecule has 0 aliphatic heterocycles. The lowest BCUT2D eigenvalue weighted by Gasteiger charge is -2.06. The summed E-state index contributed by atoms with van der Waals surface area (Å²) in [5, 5.41) is 2.86. The Morgan fingerprint density at radius 3 is 2.10 bits per heavy atom. The van der Waals surface area contributed by atoms with Crippen LogP contribution in [0.2, 0.25) is 0 Å². The molecular formula is C18H19NO2. The molecule has 2 aromatic rings. The lowest BCUT2D eigenvalue weighted by molar-refractivity contribution is -0.118. The summed E-state index contributed by atoms with van der Waals surface area (Å²) in [5.74, 6) is 0.175. The highest BCUT2D eigenvalue weighted by molar-refractivity contribution is 5.92. The third kappa shape index (κ3) is 4.88. The maximum absolute atomic E-state index is 11.9. The number of benzene rings is 2. The number of amides is 1. The van der Waals surface area contributed by atoms with Crippen LogP contribution in [0.4, 0.5) is 5.69 Å². The van der Waals surface area contributed by atoms with Gasteiger partial charge in [-0.3, -0.25) is 9.59 Å². The standard InChI is InChI=1S/C18H19NO2/c1-2-17(20)12-15-8-10-16(11-9-15)19-18(21)13-14-6-4-3-5-7-14/h3-11H,2,12-13H2,1H3,(H,19,21). The van der Waals surface area contributed by atoms with Crippen LogP contribution in [0.5, 0.6) is 0 Å². The number of carbonyl (C=O) groups is 2. The van der Waals surface area contributed by atoms with E-state index in [9.17, 15) is 9.59 Å². The van der Waals surface area contributed by atoms with Crippen LogP contribution in [-0.4, -0.2) is 11.7 Å². The quantitative estimate of drug-likeness (QED) is 0.882. The summed E-state index contributed by atoms with van der Waals surface area (Å²) < 4.78 is 0. The second-order valence-corrected chi connectivity index (χ2v) is 4.98. The summed E-state index contributed by atoms with van der Waals surface area (Å²) in [6, 6.07) is 17.1. The predicted octanol–water partition coefficient (Wildman–Crippen LogP) is 3.39. The molecule has 3 heteroatoms. The maximum Gasteiger partial charge on any atom is 0.228 e. The van der Waals surface area contributed by atoms with E-state index in [1.54, 1.807) is 0 Å². The fraction of sp³-hybridized carbons (Fsp3) is 0.222. The Kier molecular flexibility index (Phi) is 5.27. The average Bonchev–Trinajstić information content (AvgIpc) is 2.50. The Morgan fingerprint density at radius 1 is 0.857 bits per heavy atom. The molecule has 0 aromatic heterocycles. The van der Waals surface area contributed by atoms with E-state index in [0.717, 1.165) is 16.8 Å². The number of Topliss-reactive ketones (excluding diaryl/α,β-unsaturated/α-hetero) is 1. The van der Waals surface area contributed by atoms with Gasteiger partial charge in [-0.2, -0.15) is 0 Å². The molecule has 0 heterocycles. The van der Waals surface area contributed by atoms with Gasteiger partial charge in [0, 0.05) is 18.5 Å². The molecule has 0 fully saturated rings. The molecule has 0 spiro atoms. The third-order valence-corrected chi connectivity index (χ3v) is 3.24. The number of hydrogen-bond acceptors (Lipinski definition) is 2. The highest BCUT2D eigenvalue weighted by Gasteiger charge is 2.05. The minimum atomic E-state index is -0.0430. The molecule has 0 bridgehead atoms. The lowest BCUT2D eigenvalue weighted by atomic mass is 10.1. The zero-order chi connectivity index (χ0) is 15.1. The number of carbonyl (C=O) groups excluding carboxylic acids is 2. The number of hydrogen-bond donors (Lipinski definition) is 1. The summed E-state index contributed by atoms with van der Waals surface area (Å²) in [7, 11) is 0. The zero-order valence-electron chi connectivity index (χ0n) is 12.1. The summed E-state index contributed by atoms with van der Waals surface area (Å²) in [6.45, 7) is 1.86. The van der Waals surface area contributed by atoms with E-state index >= 15 is 0 Å². The minimum Gasteiger partial charge on any atom is -0.326 e. The lowest BCUT2D eigenvalue weighted by Crippen LogP contribution is -2.14. The maximum atomic E-state index is 11.9. The Bertz CT molecular complexity index is 603. The molecule has 3 nitrogen and oxygen atoms in total. The molecule has 1 amide bonds. The van der Waals surface area contributed by atoms with Crippen molar-refractivity contribution in [2.75, 3.05) is 5.32 Å². The fourth-order valence-electron chi connectivity index (χ4n) is 2.05. The van der Waals surface area contributed by atoms with E-state index in [-0.39, 0.29) is 11.7 Å². The normalized spacial score (nSPS) is 10.1. The first-order valence-electron chi connectivity index (χ1n) is 7.12. The molecule has 0 unspecified atom stereocenters. The van der Waals surface area contributed by atoms with Gasteiger partial charge in [-0.15, -0.1) is 0 Å². The van der Waals surface area contributed by atoms with E-state index in [0.29, 0.717) is 19.3 Å². The first-order valence-corrected chi connectivity index (χ1v) is 7.12. The highest BCUT2D eigenvalue weighted by atomic mass is 16.1. The molecule has 1 N–H and O–H groups in total. The molecule has 0 radical (unpaired) electrons. The van der Waals surface area contributed by atoms with E-state index in [4.69, 9.17) is 0 Å². The summed E-state index contributed by atoms with van der Waals surface area (Å²) in [4.78, 5) is 23.3.